The van der Waals surface area contributed by atoms with Gasteiger partial charge in [-0.05, 0) is 36.8 Å². The molecule has 2 aromatic carbocycles. The van der Waals surface area contributed by atoms with E-state index < -0.39 is 11.8 Å². The van der Waals surface area contributed by atoms with Gasteiger partial charge in [-0.15, -0.1) is 0 Å². The Hall–Kier alpha value is -3.06. The number of carbonyl (C=O) groups is 2. The highest BCUT2D eigenvalue weighted by Gasteiger charge is 2.10. The first-order valence-corrected chi connectivity index (χ1v) is 8.19. The lowest BCUT2D eigenvalue weighted by atomic mass is 10.2. The molecule has 0 aromatic heterocycles. The average Bonchev–Trinajstić information content (AvgIpc) is 2.60. The van der Waals surface area contributed by atoms with Crippen LogP contribution < -0.4 is 15.5 Å². The molecule has 2 amide bonds. The number of para-hydroxylation sites is 1. The molecule has 136 valence electrons. The van der Waals surface area contributed by atoms with E-state index in [1.165, 1.54) is 18.3 Å². The molecule has 0 saturated heterocycles. The van der Waals surface area contributed by atoms with Crippen LogP contribution in [0.4, 0.5) is 5.69 Å². The van der Waals surface area contributed by atoms with Gasteiger partial charge in [0.25, 0.3) is 0 Å². The number of carbonyl (C=O) groups excluding carboxylic acids is 2. The summed E-state index contributed by atoms with van der Waals surface area (Å²) in [6, 6.07) is 11.8. The number of phenols is 1. The number of ether oxygens (including phenoxy) is 1. The number of anilines is 1. The van der Waals surface area contributed by atoms with Crippen LogP contribution >= 0.6 is 11.6 Å². The van der Waals surface area contributed by atoms with Gasteiger partial charge in [0.15, 0.2) is 11.5 Å². The van der Waals surface area contributed by atoms with Crippen LogP contribution in [0.1, 0.15) is 18.9 Å². The van der Waals surface area contributed by atoms with E-state index in [2.05, 4.69) is 15.8 Å². The molecule has 0 fully saturated rings. The van der Waals surface area contributed by atoms with Crippen molar-refractivity contribution in [3.63, 3.8) is 0 Å². The highest BCUT2D eigenvalue weighted by Crippen LogP contribution is 2.34. The van der Waals surface area contributed by atoms with Crippen LogP contribution in [0.5, 0.6) is 11.5 Å². The molecule has 0 radical (unpaired) electrons. The van der Waals surface area contributed by atoms with Crippen molar-refractivity contribution in [2.24, 2.45) is 5.10 Å². The Morgan fingerprint density at radius 3 is 2.65 bits per heavy atom. The SMILES string of the molecule is CCOc1cc(C=NNC(=O)CC(=O)Nc2ccccc2)cc(Cl)c1O. The summed E-state index contributed by atoms with van der Waals surface area (Å²) in [5.41, 5.74) is 3.38. The zero-order valence-electron chi connectivity index (χ0n) is 14.0. The number of hydrazone groups is 1. The maximum atomic E-state index is 11.8. The van der Waals surface area contributed by atoms with E-state index in [1.807, 2.05) is 6.07 Å². The number of hydrogen-bond acceptors (Lipinski definition) is 5. The molecule has 0 bridgehead atoms. The fourth-order valence-electron chi connectivity index (χ4n) is 2.02. The summed E-state index contributed by atoms with van der Waals surface area (Å²) in [7, 11) is 0. The Morgan fingerprint density at radius 1 is 1.23 bits per heavy atom. The highest BCUT2D eigenvalue weighted by molar-refractivity contribution is 6.32. The largest absolute Gasteiger partial charge is 0.503 e. The van der Waals surface area contributed by atoms with Crippen molar-refractivity contribution < 1.29 is 19.4 Å². The summed E-state index contributed by atoms with van der Waals surface area (Å²) in [5.74, 6) is -0.956. The van der Waals surface area contributed by atoms with Gasteiger partial charge >= 0.3 is 0 Å². The summed E-state index contributed by atoms with van der Waals surface area (Å²) in [4.78, 5) is 23.5. The standard InChI is InChI=1S/C18H18ClN3O4/c1-2-26-15-9-12(8-14(19)18(15)25)11-20-22-17(24)10-16(23)21-13-6-4-3-5-7-13/h3-9,11,25H,2,10H2,1H3,(H,21,23)(H,22,24). The lowest BCUT2D eigenvalue weighted by molar-refractivity contribution is -0.126. The lowest BCUT2D eigenvalue weighted by Gasteiger charge is -2.08. The summed E-state index contributed by atoms with van der Waals surface area (Å²) >= 11 is 5.91. The third-order valence-corrected chi connectivity index (χ3v) is 3.42. The minimum atomic E-state index is -0.565. The molecule has 0 spiro atoms. The smallest absolute Gasteiger partial charge is 0.249 e. The zero-order chi connectivity index (χ0) is 18.9. The number of amides is 2. The minimum absolute atomic E-state index is 0.103. The van der Waals surface area contributed by atoms with Gasteiger partial charge in [-0.1, -0.05) is 29.8 Å². The molecule has 26 heavy (non-hydrogen) atoms. The first-order chi connectivity index (χ1) is 12.5. The topological polar surface area (TPSA) is 100 Å². The number of hydrogen-bond donors (Lipinski definition) is 3. The minimum Gasteiger partial charge on any atom is -0.503 e. The number of phenolic OH excluding ortho intramolecular Hbond substituents is 1. The third-order valence-electron chi connectivity index (χ3n) is 3.13. The highest BCUT2D eigenvalue weighted by atomic mass is 35.5. The van der Waals surface area contributed by atoms with Crippen molar-refractivity contribution in [3.8, 4) is 11.5 Å². The Kier molecular flexibility index (Phi) is 6.99. The predicted molar refractivity (Wildman–Crippen MR) is 99.7 cm³/mol. The Labute approximate surface area is 155 Å². The molecule has 0 heterocycles. The molecule has 0 aliphatic carbocycles. The number of benzene rings is 2. The van der Waals surface area contributed by atoms with Gasteiger partial charge in [-0.25, -0.2) is 5.43 Å². The molecule has 0 unspecified atom stereocenters. The van der Waals surface area contributed by atoms with Gasteiger partial charge in [-0.2, -0.15) is 5.10 Å². The molecular formula is C18H18ClN3O4. The first kappa shape index (κ1) is 19.3. The summed E-state index contributed by atoms with van der Waals surface area (Å²) in [5, 5.41) is 16.3. The predicted octanol–water partition coefficient (Wildman–Crippen LogP) is 2.92. The van der Waals surface area contributed by atoms with Gasteiger partial charge in [0.05, 0.1) is 17.8 Å². The molecule has 3 N–H and O–H groups in total. The second kappa shape index (κ2) is 9.43. The number of aromatic hydroxyl groups is 1. The molecule has 0 atom stereocenters. The van der Waals surface area contributed by atoms with Crippen LogP contribution in [0.2, 0.25) is 5.02 Å². The van der Waals surface area contributed by atoms with Crippen LogP contribution in [0, 0.1) is 0 Å². The van der Waals surface area contributed by atoms with E-state index in [-0.39, 0.29) is 22.9 Å². The van der Waals surface area contributed by atoms with E-state index >= 15 is 0 Å². The van der Waals surface area contributed by atoms with E-state index in [1.54, 1.807) is 31.2 Å². The fraction of sp³-hybridized carbons (Fsp3) is 0.167. The average molecular weight is 376 g/mol. The maximum absolute atomic E-state index is 11.8. The molecule has 2 aromatic rings. The molecule has 2 rings (SSSR count). The Morgan fingerprint density at radius 2 is 1.96 bits per heavy atom. The Balaban J connectivity index is 1.89. The molecule has 8 heteroatoms. The number of halogens is 1. The fourth-order valence-corrected chi connectivity index (χ4v) is 2.24. The van der Waals surface area contributed by atoms with Gasteiger partial charge < -0.3 is 15.2 Å². The van der Waals surface area contributed by atoms with Crippen LogP contribution in [0.3, 0.4) is 0 Å². The van der Waals surface area contributed by atoms with Gasteiger partial charge in [0.2, 0.25) is 11.8 Å². The first-order valence-electron chi connectivity index (χ1n) is 7.81. The van der Waals surface area contributed by atoms with E-state index in [0.717, 1.165) is 0 Å². The quantitative estimate of drug-likeness (QED) is 0.393. The van der Waals surface area contributed by atoms with Crippen molar-refractivity contribution in [3.05, 3.63) is 53.1 Å². The van der Waals surface area contributed by atoms with Gasteiger partial charge in [-0.3, -0.25) is 9.59 Å². The van der Waals surface area contributed by atoms with Crippen molar-refractivity contribution in [1.82, 2.24) is 5.43 Å². The van der Waals surface area contributed by atoms with Crippen LogP contribution in [-0.2, 0) is 9.59 Å². The van der Waals surface area contributed by atoms with E-state index in [0.29, 0.717) is 17.9 Å². The monoisotopic (exact) mass is 375 g/mol. The summed E-state index contributed by atoms with van der Waals surface area (Å²) in [6.45, 7) is 2.13. The van der Waals surface area contributed by atoms with Crippen molar-refractivity contribution in [2.45, 2.75) is 13.3 Å². The maximum Gasteiger partial charge on any atom is 0.249 e. The number of nitrogens with zero attached hydrogens (tertiary/aromatic N) is 1. The number of nitrogens with one attached hydrogen (secondary N) is 2. The zero-order valence-corrected chi connectivity index (χ0v) is 14.8. The molecular weight excluding hydrogens is 358 g/mol. The van der Waals surface area contributed by atoms with Gasteiger partial charge in [0.1, 0.15) is 6.42 Å². The lowest BCUT2D eigenvalue weighted by Crippen LogP contribution is -2.24. The molecule has 7 nitrogen and oxygen atoms in total. The summed E-state index contributed by atoms with van der Waals surface area (Å²) < 4.78 is 5.26. The van der Waals surface area contributed by atoms with Crippen molar-refractivity contribution in [2.75, 3.05) is 11.9 Å². The summed E-state index contributed by atoms with van der Waals surface area (Å²) in [6.07, 6.45) is 0.966. The van der Waals surface area contributed by atoms with E-state index in [9.17, 15) is 14.7 Å². The van der Waals surface area contributed by atoms with Crippen LogP contribution in [0.25, 0.3) is 0 Å². The van der Waals surface area contributed by atoms with Gasteiger partial charge in [0, 0.05) is 5.69 Å². The van der Waals surface area contributed by atoms with Crippen molar-refractivity contribution in [1.29, 1.82) is 0 Å². The Bertz CT molecular complexity index is 810. The number of rotatable bonds is 7. The second-order valence-electron chi connectivity index (χ2n) is 5.17. The van der Waals surface area contributed by atoms with E-state index in [4.69, 9.17) is 16.3 Å². The third kappa shape index (κ3) is 5.78. The van der Waals surface area contributed by atoms with Crippen LogP contribution in [-0.4, -0.2) is 29.7 Å². The second-order valence-corrected chi connectivity index (χ2v) is 5.57. The van der Waals surface area contributed by atoms with Crippen molar-refractivity contribution >= 4 is 35.3 Å². The molecule has 0 aliphatic rings. The van der Waals surface area contributed by atoms with Crippen LogP contribution in [0.15, 0.2) is 47.6 Å². The molecule has 0 saturated carbocycles. The molecule has 0 aliphatic heterocycles. The normalized spacial score (nSPS) is 10.5.